The van der Waals surface area contributed by atoms with Gasteiger partial charge < -0.3 is 4.74 Å². The summed E-state index contributed by atoms with van der Waals surface area (Å²) in [5.74, 6) is 0.245. The van der Waals surface area contributed by atoms with Crippen LogP contribution in [0.3, 0.4) is 0 Å². The van der Waals surface area contributed by atoms with Crippen molar-refractivity contribution < 1.29 is 13.2 Å². The van der Waals surface area contributed by atoms with Gasteiger partial charge in [-0.3, -0.25) is 0 Å². The molecule has 0 bridgehead atoms. The van der Waals surface area contributed by atoms with Crippen LogP contribution < -0.4 is 9.88 Å². The van der Waals surface area contributed by atoms with Crippen molar-refractivity contribution in [2.45, 2.75) is 11.5 Å². The number of rotatable bonds is 4. The van der Waals surface area contributed by atoms with E-state index in [9.17, 15) is 8.42 Å². The van der Waals surface area contributed by atoms with E-state index >= 15 is 0 Å². The van der Waals surface area contributed by atoms with Crippen molar-refractivity contribution in [2.75, 3.05) is 0 Å². The van der Waals surface area contributed by atoms with Gasteiger partial charge in [-0.05, 0) is 58.5 Å². The maximum Gasteiger partial charge on any atom is 0.241 e. The molecule has 2 N–H and O–H groups in total. The maximum absolute atomic E-state index is 11.5. The van der Waals surface area contributed by atoms with Gasteiger partial charge in [0.2, 0.25) is 10.0 Å². The number of hydrogen-bond acceptors (Lipinski definition) is 3. The SMILES string of the molecule is NS(=O)(=O)c1cc(Br)ccc1OCc1ccc(I)cc1. The summed E-state index contributed by atoms with van der Waals surface area (Å²) in [6, 6.07) is 12.5. The van der Waals surface area contributed by atoms with E-state index in [-0.39, 0.29) is 17.3 Å². The third-order valence-electron chi connectivity index (χ3n) is 2.52. The average Bonchev–Trinajstić information content (AvgIpc) is 2.38. The van der Waals surface area contributed by atoms with E-state index < -0.39 is 10.0 Å². The molecule has 7 heteroatoms. The Morgan fingerprint density at radius 3 is 2.40 bits per heavy atom. The van der Waals surface area contributed by atoms with Crippen LogP contribution in [0.15, 0.2) is 51.8 Å². The second-order valence-electron chi connectivity index (χ2n) is 4.05. The molecule has 0 aliphatic heterocycles. The predicted molar refractivity (Wildman–Crippen MR) is 89.0 cm³/mol. The van der Waals surface area contributed by atoms with Gasteiger partial charge in [-0.15, -0.1) is 0 Å². The van der Waals surface area contributed by atoms with Crippen LogP contribution in [0.4, 0.5) is 0 Å². The van der Waals surface area contributed by atoms with Crippen molar-refractivity contribution in [1.29, 1.82) is 0 Å². The molecule has 0 fully saturated rings. The van der Waals surface area contributed by atoms with Gasteiger partial charge in [0.1, 0.15) is 17.3 Å². The lowest BCUT2D eigenvalue weighted by Crippen LogP contribution is -2.14. The lowest BCUT2D eigenvalue weighted by atomic mass is 10.2. The largest absolute Gasteiger partial charge is 0.487 e. The minimum Gasteiger partial charge on any atom is -0.487 e. The van der Waals surface area contributed by atoms with Crippen LogP contribution in [0.5, 0.6) is 5.75 Å². The fourth-order valence-electron chi connectivity index (χ4n) is 1.57. The molecule has 2 rings (SSSR count). The molecule has 0 aromatic heterocycles. The highest BCUT2D eigenvalue weighted by Crippen LogP contribution is 2.27. The minimum atomic E-state index is -3.82. The molecule has 0 atom stereocenters. The van der Waals surface area contributed by atoms with Crippen LogP contribution in [0, 0.1) is 3.57 Å². The monoisotopic (exact) mass is 467 g/mol. The standard InChI is InChI=1S/C13H11BrINO3S/c14-10-3-6-12(13(7-10)20(16,17)18)19-8-9-1-4-11(15)5-2-9/h1-7H,8H2,(H2,16,17,18). The van der Waals surface area contributed by atoms with Crippen LogP contribution in [0.1, 0.15) is 5.56 Å². The fraction of sp³-hybridized carbons (Fsp3) is 0.0769. The van der Waals surface area contributed by atoms with Crippen molar-refractivity contribution in [3.8, 4) is 5.75 Å². The first-order chi connectivity index (χ1) is 9.36. The molecule has 0 aliphatic rings. The van der Waals surface area contributed by atoms with Crippen molar-refractivity contribution in [1.82, 2.24) is 0 Å². The summed E-state index contributed by atoms with van der Waals surface area (Å²) < 4.78 is 30.4. The van der Waals surface area contributed by atoms with Crippen LogP contribution in [0.25, 0.3) is 0 Å². The molecule has 20 heavy (non-hydrogen) atoms. The van der Waals surface area contributed by atoms with E-state index in [0.717, 1.165) is 9.13 Å². The molecule has 4 nitrogen and oxygen atoms in total. The normalized spacial score (nSPS) is 11.3. The molecular formula is C13H11BrINO3S. The van der Waals surface area contributed by atoms with Crippen LogP contribution in [-0.2, 0) is 16.6 Å². The van der Waals surface area contributed by atoms with Crippen LogP contribution in [-0.4, -0.2) is 8.42 Å². The first-order valence-corrected chi connectivity index (χ1v) is 8.97. The summed E-state index contributed by atoms with van der Waals surface area (Å²) in [4.78, 5) is -0.0302. The van der Waals surface area contributed by atoms with E-state index in [4.69, 9.17) is 9.88 Å². The number of halogens is 2. The van der Waals surface area contributed by atoms with Gasteiger partial charge in [0.15, 0.2) is 0 Å². The third-order valence-corrected chi connectivity index (χ3v) is 4.66. The zero-order valence-electron chi connectivity index (χ0n) is 10.2. The average molecular weight is 468 g/mol. The Hall–Kier alpha value is -0.640. The maximum atomic E-state index is 11.5. The van der Waals surface area contributed by atoms with Crippen molar-refractivity contribution in [3.63, 3.8) is 0 Å². The highest BCUT2D eigenvalue weighted by atomic mass is 127. The summed E-state index contributed by atoms with van der Waals surface area (Å²) in [5, 5.41) is 5.19. The number of hydrogen-bond donors (Lipinski definition) is 1. The van der Waals surface area contributed by atoms with E-state index in [1.165, 1.54) is 6.07 Å². The number of ether oxygens (including phenoxy) is 1. The lowest BCUT2D eigenvalue weighted by molar-refractivity contribution is 0.298. The van der Waals surface area contributed by atoms with Gasteiger partial charge >= 0.3 is 0 Å². The first-order valence-electron chi connectivity index (χ1n) is 5.56. The summed E-state index contributed by atoms with van der Waals surface area (Å²) in [5.41, 5.74) is 0.953. The molecule has 0 amide bonds. The highest BCUT2D eigenvalue weighted by molar-refractivity contribution is 14.1. The van der Waals surface area contributed by atoms with E-state index in [1.807, 2.05) is 24.3 Å². The topological polar surface area (TPSA) is 69.4 Å². The van der Waals surface area contributed by atoms with Gasteiger partial charge in [-0.25, -0.2) is 13.6 Å². The van der Waals surface area contributed by atoms with Crippen molar-refractivity contribution in [3.05, 3.63) is 56.1 Å². The van der Waals surface area contributed by atoms with Crippen LogP contribution in [0.2, 0.25) is 0 Å². The van der Waals surface area contributed by atoms with Gasteiger partial charge in [0, 0.05) is 8.04 Å². The van der Waals surface area contributed by atoms with E-state index in [1.54, 1.807) is 12.1 Å². The third kappa shape index (κ3) is 4.18. The van der Waals surface area contributed by atoms with E-state index in [0.29, 0.717) is 4.47 Å². The number of sulfonamides is 1. The Kier molecular flexibility index (Phi) is 5.05. The molecule has 2 aromatic rings. The molecule has 0 heterocycles. The van der Waals surface area contributed by atoms with Gasteiger partial charge in [0.05, 0.1) is 0 Å². The zero-order chi connectivity index (χ0) is 14.8. The second-order valence-corrected chi connectivity index (χ2v) is 7.74. The molecule has 2 aromatic carbocycles. The Balaban J connectivity index is 2.23. The molecule has 0 saturated heterocycles. The Morgan fingerprint density at radius 2 is 1.80 bits per heavy atom. The van der Waals surface area contributed by atoms with Crippen LogP contribution >= 0.6 is 38.5 Å². The summed E-state index contributed by atoms with van der Waals surface area (Å²) >= 11 is 5.43. The lowest BCUT2D eigenvalue weighted by Gasteiger charge is -2.10. The van der Waals surface area contributed by atoms with Crippen molar-refractivity contribution in [2.24, 2.45) is 5.14 Å². The molecule has 0 aliphatic carbocycles. The molecule has 0 unspecified atom stereocenters. The molecule has 0 spiro atoms. The smallest absolute Gasteiger partial charge is 0.241 e. The van der Waals surface area contributed by atoms with Gasteiger partial charge in [-0.1, -0.05) is 28.1 Å². The molecule has 106 valence electrons. The number of benzene rings is 2. The molecule has 0 radical (unpaired) electrons. The first kappa shape index (κ1) is 15.7. The molecular weight excluding hydrogens is 457 g/mol. The second kappa shape index (κ2) is 6.42. The Labute approximate surface area is 139 Å². The fourth-order valence-corrected chi connectivity index (χ4v) is 3.14. The quantitative estimate of drug-likeness (QED) is 0.701. The summed E-state index contributed by atoms with van der Waals surface area (Å²) in [6.07, 6.45) is 0. The summed E-state index contributed by atoms with van der Waals surface area (Å²) in [6.45, 7) is 0.279. The zero-order valence-corrected chi connectivity index (χ0v) is 14.8. The van der Waals surface area contributed by atoms with Crippen molar-refractivity contribution >= 4 is 48.5 Å². The Morgan fingerprint density at radius 1 is 1.15 bits per heavy atom. The predicted octanol–water partition coefficient (Wildman–Crippen LogP) is 3.28. The summed E-state index contributed by atoms with van der Waals surface area (Å²) in [7, 11) is -3.82. The van der Waals surface area contributed by atoms with Gasteiger partial charge in [-0.2, -0.15) is 0 Å². The van der Waals surface area contributed by atoms with Gasteiger partial charge in [0.25, 0.3) is 0 Å². The Bertz CT molecular complexity index is 717. The number of nitrogens with two attached hydrogens (primary N) is 1. The van der Waals surface area contributed by atoms with E-state index in [2.05, 4.69) is 38.5 Å². The number of primary sulfonamides is 1. The minimum absolute atomic E-state index is 0.0302. The molecule has 0 saturated carbocycles. The highest BCUT2D eigenvalue weighted by Gasteiger charge is 2.15.